The van der Waals surface area contributed by atoms with Gasteiger partial charge in [0.2, 0.25) is 0 Å². The number of ketones is 1. The summed E-state index contributed by atoms with van der Waals surface area (Å²) in [6.45, 7) is 3.90. The van der Waals surface area contributed by atoms with Crippen LogP contribution in [0.1, 0.15) is 36.8 Å². The molecule has 5 nitrogen and oxygen atoms in total. The Bertz CT molecular complexity index is 1040. The summed E-state index contributed by atoms with van der Waals surface area (Å²) >= 11 is 6.91. The van der Waals surface area contributed by atoms with Crippen LogP contribution in [0, 0.1) is 0 Å². The lowest BCUT2D eigenvalue weighted by Gasteiger charge is -2.16. The molecule has 2 unspecified atom stereocenters. The summed E-state index contributed by atoms with van der Waals surface area (Å²) in [4.78, 5) is 28.2. The number of aromatic nitrogens is 4. The molecule has 0 bridgehead atoms. The Kier molecular flexibility index (Phi) is 4.44. The SMILES string of the molecule is CC(C(=O)C(C)c1c[nH]c2ncc(Br)cc12)c1c[nH]c2ncc(Br)cc12. The highest BCUT2D eigenvalue weighted by Crippen LogP contribution is 2.34. The normalized spacial score (nSPS) is 14.0. The molecule has 0 aromatic carbocycles. The number of fused-ring (bicyclic) bond motifs is 2. The van der Waals surface area contributed by atoms with Gasteiger partial charge in [0.15, 0.2) is 0 Å². The minimum Gasteiger partial charge on any atom is -0.346 e. The van der Waals surface area contributed by atoms with Gasteiger partial charge in [-0.05, 0) is 55.1 Å². The first-order valence-electron chi connectivity index (χ1n) is 8.24. The number of Topliss-reactive ketones (excluding diaryl/α,β-unsaturated/α-hetero) is 1. The van der Waals surface area contributed by atoms with E-state index in [2.05, 4.69) is 51.8 Å². The van der Waals surface area contributed by atoms with Gasteiger partial charge in [0.1, 0.15) is 17.1 Å². The minimum absolute atomic E-state index is 0.159. The molecule has 26 heavy (non-hydrogen) atoms. The number of hydrogen-bond acceptors (Lipinski definition) is 3. The van der Waals surface area contributed by atoms with Gasteiger partial charge in [-0.15, -0.1) is 0 Å². The van der Waals surface area contributed by atoms with Gasteiger partial charge in [0, 0.05) is 56.3 Å². The van der Waals surface area contributed by atoms with Gasteiger partial charge in [-0.2, -0.15) is 0 Å². The van der Waals surface area contributed by atoms with Crippen molar-refractivity contribution < 1.29 is 4.79 Å². The number of aromatic amines is 2. The van der Waals surface area contributed by atoms with Gasteiger partial charge in [0.05, 0.1) is 0 Å². The van der Waals surface area contributed by atoms with E-state index in [4.69, 9.17) is 0 Å². The molecule has 0 saturated carbocycles. The van der Waals surface area contributed by atoms with Crippen LogP contribution in [0.25, 0.3) is 22.1 Å². The fraction of sp³-hybridized carbons (Fsp3) is 0.211. The average Bonchev–Trinajstić information content (AvgIpc) is 3.23. The summed E-state index contributed by atoms with van der Waals surface area (Å²) in [5.41, 5.74) is 3.50. The van der Waals surface area contributed by atoms with E-state index < -0.39 is 0 Å². The first kappa shape index (κ1) is 17.4. The third-order valence-corrected chi connectivity index (χ3v) is 5.71. The summed E-state index contributed by atoms with van der Waals surface area (Å²) in [6, 6.07) is 3.99. The Labute approximate surface area is 166 Å². The summed E-state index contributed by atoms with van der Waals surface area (Å²) in [5.74, 6) is -0.341. The van der Waals surface area contributed by atoms with E-state index in [-0.39, 0.29) is 17.6 Å². The van der Waals surface area contributed by atoms with Crippen molar-refractivity contribution in [1.29, 1.82) is 0 Å². The second-order valence-electron chi connectivity index (χ2n) is 6.43. The highest BCUT2D eigenvalue weighted by Gasteiger charge is 2.27. The molecule has 0 fully saturated rings. The summed E-state index contributed by atoms with van der Waals surface area (Å²) in [7, 11) is 0. The van der Waals surface area contributed by atoms with Crippen LogP contribution >= 0.6 is 31.9 Å². The molecular formula is C19H16Br2N4O. The predicted molar refractivity (Wildman–Crippen MR) is 109 cm³/mol. The Morgan fingerprint density at radius 1 is 0.885 bits per heavy atom. The largest absolute Gasteiger partial charge is 0.346 e. The van der Waals surface area contributed by atoms with Gasteiger partial charge in [-0.25, -0.2) is 9.97 Å². The zero-order valence-corrected chi connectivity index (χ0v) is 17.3. The number of pyridine rings is 2. The molecule has 0 aliphatic heterocycles. The lowest BCUT2D eigenvalue weighted by atomic mass is 9.86. The monoisotopic (exact) mass is 474 g/mol. The maximum Gasteiger partial charge on any atom is 0.147 e. The molecule has 7 heteroatoms. The molecule has 2 atom stereocenters. The van der Waals surface area contributed by atoms with Crippen molar-refractivity contribution in [1.82, 2.24) is 19.9 Å². The van der Waals surface area contributed by atoms with Crippen LogP contribution < -0.4 is 0 Å². The molecule has 4 aromatic heterocycles. The topological polar surface area (TPSA) is 74.4 Å². The van der Waals surface area contributed by atoms with Crippen molar-refractivity contribution in [3.8, 4) is 0 Å². The fourth-order valence-electron chi connectivity index (χ4n) is 3.39. The molecule has 0 amide bonds. The molecule has 4 aromatic rings. The first-order valence-corrected chi connectivity index (χ1v) is 9.83. The summed E-state index contributed by atoms with van der Waals surface area (Å²) in [5, 5.41) is 1.94. The Balaban J connectivity index is 1.71. The summed E-state index contributed by atoms with van der Waals surface area (Å²) in [6.07, 6.45) is 7.25. The third-order valence-electron chi connectivity index (χ3n) is 4.85. The van der Waals surface area contributed by atoms with E-state index in [1.54, 1.807) is 12.4 Å². The van der Waals surface area contributed by atoms with E-state index >= 15 is 0 Å². The zero-order chi connectivity index (χ0) is 18.4. The number of nitrogens with one attached hydrogen (secondary N) is 2. The van der Waals surface area contributed by atoms with Gasteiger partial charge < -0.3 is 9.97 Å². The molecule has 2 N–H and O–H groups in total. The predicted octanol–water partition coefficient (Wildman–Crippen LogP) is 5.44. The zero-order valence-electron chi connectivity index (χ0n) is 14.2. The van der Waals surface area contributed by atoms with E-state index in [9.17, 15) is 4.79 Å². The number of H-pyrrole nitrogens is 2. The van der Waals surface area contributed by atoms with Gasteiger partial charge in [-0.3, -0.25) is 4.79 Å². The van der Waals surface area contributed by atoms with Crippen molar-refractivity contribution in [2.45, 2.75) is 25.7 Å². The number of nitrogens with zero attached hydrogens (tertiary/aromatic N) is 2. The van der Waals surface area contributed by atoms with Crippen LogP contribution in [0.5, 0.6) is 0 Å². The van der Waals surface area contributed by atoms with Crippen molar-refractivity contribution >= 4 is 59.7 Å². The Hall–Kier alpha value is -1.99. The minimum atomic E-state index is -0.250. The smallest absolute Gasteiger partial charge is 0.147 e. The number of halogens is 2. The second-order valence-corrected chi connectivity index (χ2v) is 8.26. The van der Waals surface area contributed by atoms with E-state index in [1.807, 2.05) is 38.4 Å². The molecule has 4 heterocycles. The molecule has 0 radical (unpaired) electrons. The lowest BCUT2D eigenvalue weighted by Crippen LogP contribution is -2.16. The molecule has 0 spiro atoms. The van der Waals surface area contributed by atoms with Gasteiger partial charge in [-0.1, -0.05) is 13.8 Å². The molecule has 4 rings (SSSR count). The second kappa shape index (κ2) is 6.63. The number of rotatable bonds is 4. The van der Waals surface area contributed by atoms with Crippen molar-refractivity contribution in [2.75, 3.05) is 0 Å². The van der Waals surface area contributed by atoms with Crippen molar-refractivity contribution in [3.63, 3.8) is 0 Å². The Morgan fingerprint density at radius 3 is 1.73 bits per heavy atom. The summed E-state index contributed by atoms with van der Waals surface area (Å²) < 4.78 is 1.79. The number of hydrogen-bond donors (Lipinski definition) is 2. The van der Waals surface area contributed by atoms with Crippen LogP contribution in [0.4, 0.5) is 0 Å². The average molecular weight is 476 g/mol. The maximum absolute atomic E-state index is 13.2. The standard InChI is InChI=1S/C19H16Br2N4O/c1-9(15-7-24-18-13(15)3-11(20)5-22-18)17(26)10(2)16-8-25-19-14(16)4-12(21)6-23-19/h3-10H,1-2H3,(H,22,24)(H,23,25). The molecule has 0 aliphatic rings. The van der Waals surface area contributed by atoms with Crippen LogP contribution in [-0.2, 0) is 4.79 Å². The van der Waals surface area contributed by atoms with Crippen molar-refractivity contribution in [2.24, 2.45) is 0 Å². The highest BCUT2D eigenvalue weighted by molar-refractivity contribution is 9.10. The maximum atomic E-state index is 13.2. The molecule has 0 aliphatic carbocycles. The van der Waals surface area contributed by atoms with Crippen LogP contribution in [-0.4, -0.2) is 25.7 Å². The number of carbonyl (C=O) groups excluding carboxylic acids is 1. The number of carbonyl (C=O) groups is 1. The quantitative estimate of drug-likeness (QED) is 0.412. The third kappa shape index (κ3) is 2.89. The Morgan fingerprint density at radius 2 is 1.31 bits per heavy atom. The van der Waals surface area contributed by atoms with E-state index in [0.717, 1.165) is 42.1 Å². The van der Waals surface area contributed by atoms with E-state index in [0.29, 0.717) is 0 Å². The fourth-order valence-corrected chi connectivity index (χ4v) is 4.06. The van der Waals surface area contributed by atoms with Crippen LogP contribution in [0.3, 0.4) is 0 Å². The molecule has 0 saturated heterocycles. The first-order chi connectivity index (χ1) is 12.5. The highest BCUT2D eigenvalue weighted by atomic mass is 79.9. The van der Waals surface area contributed by atoms with Crippen LogP contribution in [0.2, 0.25) is 0 Å². The van der Waals surface area contributed by atoms with Crippen molar-refractivity contribution in [3.05, 3.63) is 57.0 Å². The van der Waals surface area contributed by atoms with Gasteiger partial charge >= 0.3 is 0 Å². The molecule has 132 valence electrons. The lowest BCUT2D eigenvalue weighted by molar-refractivity contribution is -0.121. The van der Waals surface area contributed by atoms with E-state index in [1.165, 1.54) is 0 Å². The van der Waals surface area contributed by atoms with Gasteiger partial charge in [0.25, 0.3) is 0 Å². The van der Waals surface area contributed by atoms with Crippen LogP contribution in [0.15, 0.2) is 45.9 Å². The molecular weight excluding hydrogens is 460 g/mol.